The molecule has 1 atom stereocenters. The Hall–Kier alpha value is -1.54. The van der Waals surface area contributed by atoms with Gasteiger partial charge in [-0.25, -0.2) is 0 Å². The quantitative estimate of drug-likeness (QED) is 0.577. The summed E-state index contributed by atoms with van der Waals surface area (Å²) >= 11 is 0. The Morgan fingerprint density at radius 1 is 0.950 bits per heavy atom. The minimum atomic E-state index is -2.13. The van der Waals surface area contributed by atoms with E-state index in [9.17, 15) is 4.21 Å². The summed E-state index contributed by atoms with van der Waals surface area (Å²) in [6.07, 6.45) is 3.05. The van der Waals surface area contributed by atoms with E-state index in [1.54, 1.807) is 0 Å². The molecule has 0 spiro atoms. The molecule has 2 aromatic rings. The molecule has 106 valence electrons. The minimum absolute atomic E-state index is 0.670. The smallest absolute Gasteiger partial charge is 0.0305 e. The Kier molecular flexibility index (Phi) is 5.02. The van der Waals surface area contributed by atoms with Crippen molar-refractivity contribution in [2.45, 2.75) is 31.1 Å². The first kappa shape index (κ1) is 14.9. The molecular weight excluding hydrogens is 264 g/mol. The van der Waals surface area contributed by atoms with Crippen LogP contribution in [0, 0.1) is 6.92 Å². The lowest BCUT2D eigenvalue weighted by molar-refractivity contribution is 0.675. The van der Waals surface area contributed by atoms with Gasteiger partial charge in [0, 0.05) is 10.6 Å². The predicted molar refractivity (Wildman–Crippen MR) is 89.0 cm³/mol. The summed E-state index contributed by atoms with van der Waals surface area (Å²) in [6.45, 7) is 2.04. The van der Waals surface area contributed by atoms with Gasteiger partial charge in [-0.1, -0.05) is 48.0 Å². The van der Waals surface area contributed by atoms with Crippen molar-refractivity contribution in [3.8, 4) is 0 Å². The molecule has 2 heteroatoms. The van der Waals surface area contributed by atoms with Gasteiger partial charge in [0.15, 0.2) is 0 Å². The maximum absolute atomic E-state index is 12.6. The van der Waals surface area contributed by atoms with E-state index in [2.05, 4.69) is 30.1 Å². The van der Waals surface area contributed by atoms with Gasteiger partial charge in [0.25, 0.3) is 0 Å². The molecule has 0 fully saturated rings. The summed E-state index contributed by atoms with van der Waals surface area (Å²) in [5.74, 6) is 4.61. The average molecular weight is 286 g/mol. The van der Waals surface area contributed by atoms with E-state index in [4.69, 9.17) is 0 Å². The Morgan fingerprint density at radius 2 is 1.60 bits per heavy atom. The molecule has 0 aliphatic rings. The van der Waals surface area contributed by atoms with Crippen molar-refractivity contribution in [3.63, 3.8) is 0 Å². The molecule has 2 aromatic carbocycles. The fourth-order valence-corrected chi connectivity index (χ4v) is 3.75. The molecule has 0 saturated carbocycles. The van der Waals surface area contributed by atoms with Gasteiger partial charge >= 0.3 is 0 Å². The van der Waals surface area contributed by atoms with E-state index in [1.165, 1.54) is 11.1 Å². The van der Waals surface area contributed by atoms with Crippen LogP contribution < -0.4 is 0 Å². The van der Waals surface area contributed by atoms with Gasteiger partial charge in [-0.15, -0.1) is 0 Å². The number of unbranched alkanes of at least 4 members (excludes halogenated alkanes) is 1. The SMILES string of the molecule is C=S(=O)(CCCCc1ccccc1)c1ccc(C)cc1. The highest BCUT2D eigenvalue weighted by Crippen LogP contribution is 2.14. The number of aryl methyl sites for hydroxylation is 2. The second-order valence-corrected chi connectivity index (χ2v) is 7.78. The normalized spacial score (nSPS) is 13.8. The Balaban J connectivity index is 1.85. The zero-order valence-corrected chi connectivity index (χ0v) is 12.9. The lowest BCUT2D eigenvalue weighted by atomic mass is 10.1. The minimum Gasteiger partial charge on any atom is -0.263 e. The fourth-order valence-electron chi connectivity index (χ4n) is 2.21. The van der Waals surface area contributed by atoms with Crippen LogP contribution in [0.3, 0.4) is 0 Å². The zero-order chi connectivity index (χ0) is 14.4. The van der Waals surface area contributed by atoms with Gasteiger partial charge in [0.1, 0.15) is 0 Å². The van der Waals surface area contributed by atoms with Crippen LogP contribution >= 0.6 is 0 Å². The number of hydrogen-bond acceptors (Lipinski definition) is 1. The fraction of sp³-hybridized carbons (Fsp3) is 0.278. The van der Waals surface area contributed by atoms with Crippen LogP contribution in [0.5, 0.6) is 0 Å². The van der Waals surface area contributed by atoms with E-state index in [1.807, 2.05) is 37.3 Å². The van der Waals surface area contributed by atoms with Crippen LogP contribution in [0.25, 0.3) is 0 Å². The van der Waals surface area contributed by atoms with Crippen LogP contribution in [0.15, 0.2) is 59.5 Å². The third-order valence-electron chi connectivity index (χ3n) is 3.48. The molecule has 0 amide bonds. The maximum Gasteiger partial charge on any atom is 0.0305 e. The van der Waals surface area contributed by atoms with E-state index in [0.717, 1.165) is 24.2 Å². The van der Waals surface area contributed by atoms with E-state index in [0.29, 0.717) is 5.75 Å². The molecular formula is C18H22OS. The molecule has 0 aliphatic heterocycles. The van der Waals surface area contributed by atoms with Gasteiger partial charge < -0.3 is 0 Å². The molecule has 0 N–H and O–H groups in total. The van der Waals surface area contributed by atoms with Crippen molar-refractivity contribution in [2.24, 2.45) is 0 Å². The van der Waals surface area contributed by atoms with Crippen LogP contribution in [-0.2, 0) is 15.9 Å². The first-order chi connectivity index (χ1) is 9.58. The molecule has 2 rings (SSSR count). The Labute approximate surface area is 122 Å². The van der Waals surface area contributed by atoms with Gasteiger partial charge in [-0.3, -0.25) is 4.21 Å². The van der Waals surface area contributed by atoms with E-state index < -0.39 is 9.52 Å². The lowest BCUT2D eigenvalue weighted by Gasteiger charge is -2.09. The highest BCUT2D eigenvalue weighted by molar-refractivity contribution is 8.00. The molecule has 0 radical (unpaired) electrons. The summed E-state index contributed by atoms with van der Waals surface area (Å²) in [7, 11) is -2.13. The standard InChI is InChI=1S/C18H22OS/c1-16-11-13-18(14-12-16)20(2,19)15-7-6-10-17-8-4-3-5-9-17/h3-5,8-9,11-14H,2,6-7,10,15H2,1H3. The summed E-state index contributed by atoms with van der Waals surface area (Å²) in [5, 5.41) is 0. The number of benzene rings is 2. The van der Waals surface area contributed by atoms with Gasteiger partial charge in [-0.2, -0.15) is 0 Å². The summed E-state index contributed by atoms with van der Waals surface area (Å²) < 4.78 is 12.6. The molecule has 0 aromatic heterocycles. The van der Waals surface area contributed by atoms with Crippen molar-refractivity contribution in [1.82, 2.24) is 0 Å². The third-order valence-corrected chi connectivity index (χ3v) is 5.56. The molecule has 0 saturated heterocycles. The molecule has 1 unspecified atom stereocenters. The highest BCUT2D eigenvalue weighted by Gasteiger charge is 2.07. The second kappa shape index (κ2) is 6.76. The second-order valence-electron chi connectivity index (χ2n) is 5.27. The van der Waals surface area contributed by atoms with Crippen LogP contribution in [0.4, 0.5) is 0 Å². The monoisotopic (exact) mass is 286 g/mol. The Morgan fingerprint density at radius 3 is 2.25 bits per heavy atom. The third kappa shape index (κ3) is 4.24. The molecule has 0 heterocycles. The first-order valence-corrected chi connectivity index (χ1v) is 8.93. The van der Waals surface area contributed by atoms with Crippen LogP contribution in [0.2, 0.25) is 0 Å². The predicted octanol–water partition coefficient (Wildman–Crippen LogP) is 4.09. The summed E-state index contributed by atoms with van der Waals surface area (Å²) in [6, 6.07) is 18.3. The van der Waals surface area contributed by atoms with Gasteiger partial charge in [-0.05, 0) is 59.3 Å². The number of hydrogen-bond donors (Lipinski definition) is 0. The van der Waals surface area contributed by atoms with Crippen LogP contribution in [0.1, 0.15) is 24.0 Å². The Bertz CT molecular complexity index is 625. The van der Waals surface area contributed by atoms with Crippen molar-refractivity contribution in [3.05, 3.63) is 65.7 Å². The van der Waals surface area contributed by atoms with E-state index >= 15 is 0 Å². The van der Waals surface area contributed by atoms with Gasteiger partial charge in [0.05, 0.1) is 0 Å². The largest absolute Gasteiger partial charge is 0.263 e. The molecule has 1 nitrogen and oxygen atoms in total. The highest BCUT2D eigenvalue weighted by atomic mass is 32.2. The summed E-state index contributed by atoms with van der Waals surface area (Å²) in [5.41, 5.74) is 2.53. The molecule has 0 bridgehead atoms. The average Bonchev–Trinajstić information content (AvgIpc) is 2.45. The lowest BCUT2D eigenvalue weighted by Crippen LogP contribution is -2.06. The topological polar surface area (TPSA) is 17.1 Å². The van der Waals surface area contributed by atoms with Crippen molar-refractivity contribution in [1.29, 1.82) is 0 Å². The van der Waals surface area contributed by atoms with Gasteiger partial charge in [0.2, 0.25) is 0 Å². The van der Waals surface area contributed by atoms with Crippen molar-refractivity contribution in [2.75, 3.05) is 5.75 Å². The number of rotatable bonds is 6. The molecule has 20 heavy (non-hydrogen) atoms. The maximum atomic E-state index is 12.6. The van der Waals surface area contributed by atoms with Crippen molar-refractivity contribution < 1.29 is 4.21 Å². The zero-order valence-electron chi connectivity index (χ0n) is 12.0. The van der Waals surface area contributed by atoms with E-state index in [-0.39, 0.29) is 0 Å². The molecule has 0 aliphatic carbocycles. The van der Waals surface area contributed by atoms with Crippen LogP contribution in [-0.4, -0.2) is 15.8 Å². The van der Waals surface area contributed by atoms with Crippen molar-refractivity contribution >= 4 is 15.4 Å². The summed E-state index contributed by atoms with van der Waals surface area (Å²) in [4.78, 5) is 0.878. The first-order valence-electron chi connectivity index (χ1n) is 7.03.